The summed E-state index contributed by atoms with van der Waals surface area (Å²) in [6.45, 7) is 3.89. The molecule has 0 amide bonds. The maximum atomic E-state index is 12.5. The Bertz CT molecular complexity index is 532. The molecule has 2 atom stereocenters. The highest BCUT2D eigenvalue weighted by Crippen LogP contribution is 2.30. The Hall–Kier alpha value is -1.82. The third-order valence-corrected chi connectivity index (χ3v) is 3.26. The van der Waals surface area contributed by atoms with Crippen LogP contribution in [0.25, 0.3) is 0 Å². The maximum Gasteiger partial charge on any atom is 0.416 e. The predicted molar refractivity (Wildman–Crippen MR) is 70.0 cm³/mol. The van der Waals surface area contributed by atoms with Crippen LogP contribution in [0.4, 0.5) is 13.2 Å². The molecule has 0 aliphatic heterocycles. The monoisotopic (exact) mass is 283 g/mol. The summed E-state index contributed by atoms with van der Waals surface area (Å²) in [4.78, 5) is 0. The van der Waals surface area contributed by atoms with Crippen molar-refractivity contribution in [2.75, 3.05) is 0 Å². The number of hydrogen-bond donors (Lipinski definition) is 2. The van der Waals surface area contributed by atoms with Crippen LogP contribution in [0.15, 0.2) is 36.7 Å². The Morgan fingerprint density at radius 3 is 2.15 bits per heavy atom. The van der Waals surface area contributed by atoms with Gasteiger partial charge in [-0.3, -0.25) is 5.10 Å². The van der Waals surface area contributed by atoms with Crippen molar-refractivity contribution in [3.05, 3.63) is 53.3 Å². The molecule has 0 fully saturated rings. The van der Waals surface area contributed by atoms with Crippen LogP contribution in [-0.4, -0.2) is 10.2 Å². The molecule has 0 saturated carbocycles. The van der Waals surface area contributed by atoms with E-state index in [1.165, 1.54) is 12.1 Å². The lowest BCUT2D eigenvalue weighted by Gasteiger charge is -2.20. The maximum absolute atomic E-state index is 12.5. The summed E-state index contributed by atoms with van der Waals surface area (Å²) in [7, 11) is 0. The number of nitrogens with one attached hydrogen (secondary N) is 2. The highest BCUT2D eigenvalue weighted by molar-refractivity contribution is 5.26. The third-order valence-electron chi connectivity index (χ3n) is 3.26. The van der Waals surface area contributed by atoms with Gasteiger partial charge in [-0.25, -0.2) is 0 Å². The smallest absolute Gasteiger partial charge is 0.304 e. The van der Waals surface area contributed by atoms with Crippen molar-refractivity contribution < 1.29 is 13.2 Å². The minimum atomic E-state index is -4.29. The van der Waals surface area contributed by atoms with E-state index in [2.05, 4.69) is 15.5 Å². The molecule has 2 unspecified atom stereocenters. The molecular weight excluding hydrogens is 267 g/mol. The number of aromatic nitrogens is 2. The Morgan fingerprint density at radius 2 is 1.65 bits per heavy atom. The minimum Gasteiger partial charge on any atom is -0.304 e. The van der Waals surface area contributed by atoms with Crippen LogP contribution >= 0.6 is 0 Å². The van der Waals surface area contributed by atoms with Crippen molar-refractivity contribution in [2.24, 2.45) is 0 Å². The van der Waals surface area contributed by atoms with E-state index in [4.69, 9.17) is 0 Å². The predicted octanol–water partition coefficient (Wildman–Crippen LogP) is 3.84. The Balaban J connectivity index is 2.04. The molecule has 20 heavy (non-hydrogen) atoms. The second-order valence-electron chi connectivity index (χ2n) is 4.76. The summed E-state index contributed by atoms with van der Waals surface area (Å²) in [5.41, 5.74) is 1.19. The second kappa shape index (κ2) is 5.66. The van der Waals surface area contributed by atoms with Gasteiger partial charge in [-0.1, -0.05) is 12.1 Å². The molecule has 6 heteroatoms. The van der Waals surface area contributed by atoms with E-state index >= 15 is 0 Å². The van der Waals surface area contributed by atoms with Crippen LogP contribution in [0.1, 0.15) is 42.6 Å². The fraction of sp³-hybridized carbons (Fsp3) is 0.357. The number of alkyl halides is 3. The lowest BCUT2D eigenvalue weighted by molar-refractivity contribution is -0.137. The quantitative estimate of drug-likeness (QED) is 0.895. The fourth-order valence-corrected chi connectivity index (χ4v) is 2.03. The van der Waals surface area contributed by atoms with Gasteiger partial charge in [0.25, 0.3) is 0 Å². The largest absolute Gasteiger partial charge is 0.416 e. The highest BCUT2D eigenvalue weighted by atomic mass is 19.4. The number of nitrogens with zero attached hydrogens (tertiary/aromatic N) is 1. The zero-order chi connectivity index (χ0) is 14.8. The standard InChI is InChI=1S/C14H16F3N3/c1-9(20-10(2)12-7-18-19-8-12)11-3-5-13(6-4-11)14(15,16)17/h3-10,20H,1-2H3,(H,18,19). The van der Waals surface area contributed by atoms with Gasteiger partial charge in [-0.2, -0.15) is 18.3 Å². The van der Waals surface area contributed by atoms with E-state index < -0.39 is 11.7 Å². The summed E-state index contributed by atoms with van der Waals surface area (Å²) in [6, 6.07) is 5.23. The van der Waals surface area contributed by atoms with Crippen molar-refractivity contribution in [1.29, 1.82) is 0 Å². The van der Waals surface area contributed by atoms with Gasteiger partial charge in [0.1, 0.15) is 0 Å². The van der Waals surface area contributed by atoms with Crippen molar-refractivity contribution in [2.45, 2.75) is 32.1 Å². The molecule has 0 saturated heterocycles. The normalized spacial score (nSPS) is 15.1. The Morgan fingerprint density at radius 1 is 1.05 bits per heavy atom. The summed E-state index contributed by atoms with van der Waals surface area (Å²) in [5.74, 6) is 0. The topological polar surface area (TPSA) is 40.7 Å². The molecule has 2 N–H and O–H groups in total. The molecule has 2 rings (SSSR count). The Kier molecular flexibility index (Phi) is 4.13. The number of halogens is 3. The van der Waals surface area contributed by atoms with Crippen LogP contribution in [-0.2, 0) is 6.18 Å². The van der Waals surface area contributed by atoms with Crippen molar-refractivity contribution in [1.82, 2.24) is 15.5 Å². The van der Waals surface area contributed by atoms with Crippen LogP contribution in [0.2, 0.25) is 0 Å². The van der Waals surface area contributed by atoms with Gasteiger partial charge in [-0.15, -0.1) is 0 Å². The zero-order valence-corrected chi connectivity index (χ0v) is 11.2. The molecule has 0 spiro atoms. The summed E-state index contributed by atoms with van der Waals surface area (Å²) in [6.07, 6.45) is -0.784. The van der Waals surface area contributed by atoms with Gasteiger partial charge in [-0.05, 0) is 31.5 Å². The van der Waals surface area contributed by atoms with Crippen LogP contribution in [0.5, 0.6) is 0 Å². The van der Waals surface area contributed by atoms with E-state index in [-0.39, 0.29) is 12.1 Å². The molecular formula is C14H16F3N3. The molecule has 1 aromatic heterocycles. The lowest BCUT2D eigenvalue weighted by Crippen LogP contribution is -2.22. The first-order valence-electron chi connectivity index (χ1n) is 6.30. The molecule has 1 aromatic carbocycles. The van der Waals surface area contributed by atoms with E-state index in [0.29, 0.717) is 0 Å². The van der Waals surface area contributed by atoms with Crippen LogP contribution in [0.3, 0.4) is 0 Å². The van der Waals surface area contributed by atoms with E-state index in [1.807, 2.05) is 13.8 Å². The lowest BCUT2D eigenvalue weighted by atomic mass is 10.0. The van der Waals surface area contributed by atoms with Gasteiger partial charge in [0, 0.05) is 23.8 Å². The van der Waals surface area contributed by atoms with Crippen molar-refractivity contribution in [3.63, 3.8) is 0 Å². The number of H-pyrrole nitrogens is 1. The second-order valence-corrected chi connectivity index (χ2v) is 4.76. The molecule has 2 aromatic rings. The zero-order valence-electron chi connectivity index (χ0n) is 11.2. The van der Waals surface area contributed by atoms with Crippen LogP contribution < -0.4 is 5.32 Å². The first-order chi connectivity index (χ1) is 9.38. The molecule has 0 aliphatic carbocycles. The summed E-state index contributed by atoms with van der Waals surface area (Å²) >= 11 is 0. The molecule has 108 valence electrons. The van der Waals surface area contributed by atoms with Gasteiger partial charge in [0.15, 0.2) is 0 Å². The van der Waals surface area contributed by atoms with Gasteiger partial charge in [0.05, 0.1) is 11.8 Å². The van der Waals surface area contributed by atoms with Gasteiger partial charge < -0.3 is 5.32 Å². The average Bonchev–Trinajstić information content (AvgIpc) is 2.91. The number of aromatic amines is 1. The molecule has 1 heterocycles. The Labute approximate surface area is 115 Å². The molecule has 0 bridgehead atoms. The first kappa shape index (κ1) is 14.6. The third kappa shape index (κ3) is 3.39. The van der Waals surface area contributed by atoms with Crippen molar-refractivity contribution in [3.8, 4) is 0 Å². The van der Waals surface area contributed by atoms with E-state index in [9.17, 15) is 13.2 Å². The highest BCUT2D eigenvalue weighted by Gasteiger charge is 2.30. The fourth-order valence-electron chi connectivity index (χ4n) is 2.03. The van der Waals surface area contributed by atoms with Gasteiger partial charge >= 0.3 is 6.18 Å². The number of rotatable bonds is 4. The number of hydrogen-bond acceptors (Lipinski definition) is 2. The van der Waals surface area contributed by atoms with E-state index in [1.54, 1.807) is 12.4 Å². The number of benzene rings is 1. The molecule has 3 nitrogen and oxygen atoms in total. The SMILES string of the molecule is CC(NC(C)c1cn[nH]c1)c1ccc(C(F)(F)F)cc1. The van der Waals surface area contributed by atoms with Gasteiger partial charge in [0.2, 0.25) is 0 Å². The summed E-state index contributed by atoms with van der Waals surface area (Å²) < 4.78 is 37.5. The van der Waals surface area contributed by atoms with Crippen molar-refractivity contribution >= 4 is 0 Å². The van der Waals surface area contributed by atoms with Crippen LogP contribution in [0, 0.1) is 0 Å². The first-order valence-corrected chi connectivity index (χ1v) is 6.30. The average molecular weight is 283 g/mol. The minimum absolute atomic E-state index is 0.0535. The van der Waals surface area contributed by atoms with E-state index in [0.717, 1.165) is 23.3 Å². The molecule has 0 radical (unpaired) electrons. The molecule has 0 aliphatic rings. The summed E-state index contributed by atoms with van der Waals surface area (Å²) in [5, 5.41) is 9.92.